The van der Waals surface area contributed by atoms with Gasteiger partial charge in [-0.2, -0.15) is 0 Å². The van der Waals surface area contributed by atoms with Crippen LogP contribution in [0.15, 0.2) is 18.3 Å². The summed E-state index contributed by atoms with van der Waals surface area (Å²) in [4.78, 5) is 17.5. The second kappa shape index (κ2) is 9.48. The van der Waals surface area contributed by atoms with Crippen LogP contribution in [0.3, 0.4) is 0 Å². The third-order valence-electron chi connectivity index (χ3n) is 3.62. The predicted molar refractivity (Wildman–Crippen MR) is 81.2 cm³/mol. The Hall–Kier alpha value is -1.42. The minimum atomic E-state index is -0.882. The monoisotopic (exact) mass is 278 g/mol. The summed E-state index contributed by atoms with van der Waals surface area (Å²) < 4.78 is 0. The average molecular weight is 278 g/mol. The van der Waals surface area contributed by atoms with Gasteiger partial charge in [0.1, 0.15) is 0 Å². The lowest BCUT2D eigenvalue weighted by Crippen LogP contribution is -2.23. The Balaban J connectivity index is 2.18. The van der Waals surface area contributed by atoms with Crippen LogP contribution < -0.4 is 0 Å². The first-order valence-electron chi connectivity index (χ1n) is 7.58. The fourth-order valence-electron chi connectivity index (χ4n) is 2.28. The molecular weight excluding hydrogens is 252 g/mol. The summed E-state index contributed by atoms with van der Waals surface area (Å²) in [5.41, 5.74) is 1.21. The molecule has 0 aromatic carbocycles. The molecule has 4 heteroatoms. The van der Waals surface area contributed by atoms with Crippen LogP contribution in [0.2, 0.25) is 0 Å². The third kappa shape index (κ3) is 6.15. The van der Waals surface area contributed by atoms with Crippen molar-refractivity contribution in [1.82, 2.24) is 9.88 Å². The molecule has 20 heavy (non-hydrogen) atoms. The molecule has 0 bridgehead atoms. The Morgan fingerprint density at radius 1 is 1.20 bits per heavy atom. The number of aromatic carboxylic acids is 1. The lowest BCUT2D eigenvalue weighted by Gasteiger charge is -2.17. The summed E-state index contributed by atoms with van der Waals surface area (Å²) >= 11 is 0. The summed E-state index contributed by atoms with van der Waals surface area (Å²) in [6, 6.07) is 3.22. The second-order valence-corrected chi connectivity index (χ2v) is 5.03. The molecule has 0 amide bonds. The normalized spacial score (nSPS) is 10.9. The van der Waals surface area contributed by atoms with Crippen molar-refractivity contribution >= 4 is 5.97 Å². The molecule has 0 aliphatic carbocycles. The molecule has 1 heterocycles. The molecule has 0 aliphatic heterocycles. The van der Waals surface area contributed by atoms with E-state index in [1.165, 1.54) is 31.9 Å². The predicted octanol–water partition coefficient (Wildman–Crippen LogP) is 3.22. The number of rotatable bonds is 10. The van der Waals surface area contributed by atoms with Crippen molar-refractivity contribution in [1.29, 1.82) is 0 Å². The summed E-state index contributed by atoms with van der Waals surface area (Å²) in [7, 11) is 0. The molecule has 0 spiro atoms. The first-order chi connectivity index (χ1) is 9.67. The van der Waals surface area contributed by atoms with Gasteiger partial charge in [-0.1, -0.05) is 26.7 Å². The molecule has 0 saturated heterocycles. The van der Waals surface area contributed by atoms with Crippen molar-refractivity contribution < 1.29 is 9.90 Å². The van der Waals surface area contributed by atoms with Crippen molar-refractivity contribution in [2.75, 3.05) is 19.6 Å². The standard InChI is InChI=1S/C16H26N2O2/c1-3-18(4-2)12-8-6-5-7-9-15-13-14(16(19)20)10-11-17-15/h10-11,13H,3-9,12H2,1-2H3,(H,19,20). The molecule has 0 radical (unpaired) electrons. The van der Waals surface area contributed by atoms with Crippen molar-refractivity contribution in [2.24, 2.45) is 0 Å². The van der Waals surface area contributed by atoms with E-state index in [4.69, 9.17) is 5.11 Å². The number of carboxylic acid groups (broad SMARTS) is 1. The van der Waals surface area contributed by atoms with Crippen LogP contribution in [0.5, 0.6) is 0 Å². The van der Waals surface area contributed by atoms with Gasteiger partial charge in [0.2, 0.25) is 0 Å². The van der Waals surface area contributed by atoms with Crippen LogP contribution in [0, 0.1) is 0 Å². The van der Waals surface area contributed by atoms with E-state index in [0.717, 1.165) is 31.6 Å². The maximum absolute atomic E-state index is 10.9. The summed E-state index contributed by atoms with van der Waals surface area (Å²) in [6.45, 7) is 7.83. The summed E-state index contributed by atoms with van der Waals surface area (Å²) in [5, 5.41) is 8.92. The number of hydrogen-bond acceptors (Lipinski definition) is 3. The lowest BCUT2D eigenvalue weighted by molar-refractivity contribution is 0.0696. The van der Waals surface area contributed by atoms with Gasteiger partial charge in [-0.15, -0.1) is 0 Å². The van der Waals surface area contributed by atoms with Crippen LogP contribution in [-0.4, -0.2) is 40.6 Å². The van der Waals surface area contributed by atoms with E-state index in [2.05, 4.69) is 23.7 Å². The zero-order chi connectivity index (χ0) is 14.8. The van der Waals surface area contributed by atoms with E-state index in [1.54, 1.807) is 12.3 Å². The van der Waals surface area contributed by atoms with Gasteiger partial charge in [0.15, 0.2) is 0 Å². The van der Waals surface area contributed by atoms with Gasteiger partial charge in [0.25, 0.3) is 0 Å². The molecular formula is C16H26N2O2. The van der Waals surface area contributed by atoms with E-state index < -0.39 is 5.97 Å². The topological polar surface area (TPSA) is 53.4 Å². The van der Waals surface area contributed by atoms with E-state index in [9.17, 15) is 4.79 Å². The highest BCUT2D eigenvalue weighted by molar-refractivity contribution is 5.87. The number of nitrogens with zero attached hydrogens (tertiary/aromatic N) is 2. The van der Waals surface area contributed by atoms with Crippen LogP contribution in [0.1, 0.15) is 55.6 Å². The molecule has 1 aromatic rings. The molecule has 0 aliphatic rings. The minimum Gasteiger partial charge on any atom is -0.478 e. The Labute approximate surface area is 121 Å². The largest absolute Gasteiger partial charge is 0.478 e. The second-order valence-electron chi connectivity index (χ2n) is 5.03. The summed E-state index contributed by atoms with van der Waals surface area (Å²) in [6.07, 6.45) is 7.18. The number of carboxylic acids is 1. The zero-order valence-electron chi connectivity index (χ0n) is 12.6. The van der Waals surface area contributed by atoms with Crippen molar-refractivity contribution in [3.8, 4) is 0 Å². The fourth-order valence-corrected chi connectivity index (χ4v) is 2.28. The maximum atomic E-state index is 10.9. The molecule has 4 nitrogen and oxygen atoms in total. The van der Waals surface area contributed by atoms with Crippen LogP contribution in [0.4, 0.5) is 0 Å². The molecule has 0 fully saturated rings. The first-order valence-corrected chi connectivity index (χ1v) is 7.58. The van der Waals surface area contributed by atoms with Gasteiger partial charge >= 0.3 is 5.97 Å². The maximum Gasteiger partial charge on any atom is 0.335 e. The van der Waals surface area contributed by atoms with Gasteiger partial charge in [0.05, 0.1) is 5.56 Å². The van der Waals surface area contributed by atoms with Crippen LogP contribution >= 0.6 is 0 Å². The van der Waals surface area contributed by atoms with E-state index in [-0.39, 0.29) is 0 Å². The molecule has 0 unspecified atom stereocenters. The first kappa shape index (κ1) is 16.6. The highest BCUT2D eigenvalue weighted by atomic mass is 16.4. The fraction of sp³-hybridized carbons (Fsp3) is 0.625. The Morgan fingerprint density at radius 2 is 1.90 bits per heavy atom. The number of hydrogen-bond donors (Lipinski definition) is 1. The summed E-state index contributed by atoms with van der Waals surface area (Å²) in [5.74, 6) is -0.882. The highest BCUT2D eigenvalue weighted by Gasteiger charge is 2.04. The molecule has 0 saturated carbocycles. The number of unbranched alkanes of at least 4 members (excludes halogenated alkanes) is 3. The van der Waals surface area contributed by atoms with Crippen molar-refractivity contribution in [3.05, 3.63) is 29.6 Å². The Morgan fingerprint density at radius 3 is 2.55 bits per heavy atom. The third-order valence-corrected chi connectivity index (χ3v) is 3.62. The van der Waals surface area contributed by atoms with Crippen LogP contribution in [-0.2, 0) is 6.42 Å². The number of aromatic nitrogens is 1. The quantitative estimate of drug-likeness (QED) is 0.668. The molecule has 1 aromatic heterocycles. The van der Waals surface area contributed by atoms with E-state index in [0.29, 0.717) is 5.56 Å². The SMILES string of the molecule is CCN(CC)CCCCCCc1cc(C(=O)O)ccn1. The van der Waals surface area contributed by atoms with Gasteiger partial charge in [-0.05, 0) is 51.0 Å². The van der Waals surface area contributed by atoms with Crippen molar-refractivity contribution in [2.45, 2.75) is 46.0 Å². The molecule has 112 valence electrons. The number of carbonyl (C=O) groups is 1. The zero-order valence-corrected chi connectivity index (χ0v) is 12.6. The molecule has 0 atom stereocenters. The average Bonchev–Trinajstić information content (AvgIpc) is 2.47. The van der Waals surface area contributed by atoms with Gasteiger partial charge < -0.3 is 10.0 Å². The highest BCUT2D eigenvalue weighted by Crippen LogP contribution is 2.08. The smallest absolute Gasteiger partial charge is 0.335 e. The number of pyridine rings is 1. The lowest BCUT2D eigenvalue weighted by atomic mass is 10.1. The number of aryl methyl sites for hydroxylation is 1. The molecule has 1 rings (SSSR count). The Kier molecular flexibility index (Phi) is 7.88. The van der Waals surface area contributed by atoms with E-state index >= 15 is 0 Å². The van der Waals surface area contributed by atoms with Crippen molar-refractivity contribution in [3.63, 3.8) is 0 Å². The van der Waals surface area contributed by atoms with Gasteiger partial charge in [0, 0.05) is 11.9 Å². The van der Waals surface area contributed by atoms with Crippen LogP contribution in [0.25, 0.3) is 0 Å². The molecule has 1 N–H and O–H groups in total. The van der Waals surface area contributed by atoms with E-state index in [1.807, 2.05) is 0 Å². The Bertz CT molecular complexity index is 403. The minimum absolute atomic E-state index is 0.330. The van der Waals surface area contributed by atoms with Gasteiger partial charge in [-0.3, -0.25) is 4.98 Å². The van der Waals surface area contributed by atoms with Gasteiger partial charge in [-0.25, -0.2) is 4.79 Å².